The van der Waals surface area contributed by atoms with Crippen LogP contribution in [0.15, 0.2) is 10.9 Å². The number of rotatable bonds is 1. The van der Waals surface area contributed by atoms with Crippen molar-refractivity contribution in [2.45, 2.75) is 34.2 Å². The Hall–Kier alpha value is -1.09. The topological polar surface area (TPSA) is 22.0 Å². The van der Waals surface area contributed by atoms with Crippen molar-refractivity contribution in [1.29, 1.82) is 0 Å². The number of hydrogen-bond acceptors (Lipinski definition) is 2. The van der Waals surface area contributed by atoms with Crippen LogP contribution in [0.4, 0.5) is 0 Å². The van der Waals surface area contributed by atoms with E-state index in [1.54, 1.807) is 17.4 Å². The number of pyridine rings is 1. The predicted octanol–water partition coefficient (Wildman–Crippen LogP) is 3.01. The van der Waals surface area contributed by atoms with Gasteiger partial charge in [-0.05, 0) is 33.3 Å². The van der Waals surface area contributed by atoms with Gasteiger partial charge in [-0.2, -0.15) is 0 Å². The van der Waals surface area contributed by atoms with E-state index in [1.807, 2.05) is 13.8 Å². The Morgan fingerprint density at radius 3 is 2.60 bits per heavy atom. The second-order valence-electron chi connectivity index (χ2n) is 3.86. The van der Waals surface area contributed by atoms with Crippen LogP contribution in [-0.2, 0) is 6.54 Å². The van der Waals surface area contributed by atoms with Gasteiger partial charge in [-0.25, -0.2) is 0 Å². The van der Waals surface area contributed by atoms with Crippen LogP contribution in [0, 0.1) is 20.8 Å². The van der Waals surface area contributed by atoms with Crippen LogP contribution in [0.2, 0.25) is 0 Å². The lowest BCUT2D eigenvalue weighted by Crippen LogP contribution is -2.09. The molecule has 2 aromatic rings. The lowest BCUT2D eigenvalue weighted by molar-refractivity contribution is 0.764. The van der Waals surface area contributed by atoms with Crippen molar-refractivity contribution >= 4 is 21.6 Å². The molecule has 0 aromatic carbocycles. The van der Waals surface area contributed by atoms with E-state index in [4.69, 9.17) is 0 Å². The fourth-order valence-corrected chi connectivity index (χ4v) is 3.27. The number of hydrogen-bond donors (Lipinski definition) is 0. The summed E-state index contributed by atoms with van der Waals surface area (Å²) >= 11 is 1.72. The van der Waals surface area contributed by atoms with E-state index in [1.165, 1.54) is 4.88 Å². The summed E-state index contributed by atoms with van der Waals surface area (Å²) in [5.74, 6) is 0. The van der Waals surface area contributed by atoms with Crippen LogP contribution in [0.1, 0.15) is 23.1 Å². The van der Waals surface area contributed by atoms with Crippen LogP contribution in [0.25, 0.3) is 10.2 Å². The minimum Gasteiger partial charge on any atom is -0.337 e. The third-order valence-corrected chi connectivity index (χ3v) is 4.17. The van der Waals surface area contributed by atoms with Gasteiger partial charge in [0.25, 0.3) is 0 Å². The minimum absolute atomic E-state index is 0.161. The Kier molecular flexibility index (Phi) is 2.43. The van der Waals surface area contributed by atoms with Crippen molar-refractivity contribution in [1.82, 2.24) is 4.57 Å². The van der Waals surface area contributed by atoms with Crippen molar-refractivity contribution in [3.05, 3.63) is 32.4 Å². The van der Waals surface area contributed by atoms with Gasteiger partial charge in [0, 0.05) is 23.2 Å². The van der Waals surface area contributed by atoms with Crippen LogP contribution in [0.3, 0.4) is 0 Å². The highest BCUT2D eigenvalue weighted by Crippen LogP contribution is 2.28. The normalized spacial score (nSPS) is 11.2. The standard InChI is InChI=1S/C12H15NOS/c1-5-13-7(2)6-10(14)11-8(3)9(4)15-12(11)13/h6H,5H2,1-4H3. The van der Waals surface area contributed by atoms with Gasteiger partial charge in [0.1, 0.15) is 4.83 Å². The van der Waals surface area contributed by atoms with Gasteiger partial charge in [-0.1, -0.05) is 0 Å². The first-order valence-corrected chi connectivity index (χ1v) is 5.98. The zero-order valence-electron chi connectivity index (χ0n) is 9.55. The monoisotopic (exact) mass is 221 g/mol. The molecule has 0 fully saturated rings. The molecule has 0 saturated carbocycles. The molecule has 0 amide bonds. The zero-order chi connectivity index (χ0) is 11.2. The van der Waals surface area contributed by atoms with Crippen LogP contribution >= 0.6 is 11.3 Å². The largest absolute Gasteiger partial charge is 0.337 e. The van der Waals surface area contributed by atoms with Crippen molar-refractivity contribution in [3.63, 3.8) is 0 Å². The molecule has 0 unspecified atom stereocenters. The van der Waals surface area contributed by atoms with Gasteiger partial charge in [0.2, 0.25) is 0 Å². The molecule has 2 aromatic heterocycles. The van der Waals surface area contributed by atoms with Gasteiger partial charge in [-0.15, -0.1) is 11.3 Å². The van der Waals surface area contributed by atoms with Crippen LogP contribution < -0.4 is 5.43 Å². The molecule has 2 nitrogen and oxygen atoms in total. The SMILES string of the molecule is CCn1c(C)cc(=O)c2c(C)c(C)sc21. The molecular formula is C12H15NOS. The highest BCUT2D eigenvalue weighted by Gasteiger charge is 2.12. The van der Waals surface area contributed by atoms with E-state index in [-0.39, 0.29) is 5.43 Å². The van der Waals surface area contributed by atoms with Crippen molar-refractivity contribution in [3.8, 4) is 0 Å². The maximum absolute atomic E-state index is 11.9. The van der Waals surface area contributed by atoms with Gasteiger partial charge >= 0.3 is 0 Å². The smallest absolute Gasteiger partial charge is 0.190 e. The second kappa shape index (κ2) is 3.49. The molecule has 15 heavy (non-hydrogen) atoms. The minimum atomic E-state index is 0.161. The molecule has 2 heterocycles. The third-order valence-electron chi connectivity index (χ3n) is 2.94. The molecule has 0 spiro atoms. The lowest BCUT2D eigenvalue weighted by atomic mass is 10.2. The van der Waals surface area contributed by atoms with Gasteiger partial charge in [-0.3, -0.25) is 4.79 Å². The summed E-state index contributed by atoms with van der Waals surface area (Å²) < 4.78 is 2.21. The van der Waals surface area contributed by atoms with Gasteiger partial charge in [0.15, 0.2) is 5.43 Å². The average Bonchev–Trinajstić information content (AvgIpc) is 2.44. The quantitative estimate of drug-likeness (QED) is 0.725. The van der Waals surface area contributed by atoms with Gasteiger partial charge in [0.05, 0.1) is 5.39 Å². The number of thiophene rings is 1. The number of aryl methyl sites for hydroxylation is 4. The zero-order valence-corrected chi connectivity index (χ0v) is 10.4. The maximum Gasteiger partial charge on any atom is 0.190 e. The first kappa shape index (κ1) is 10.4. The Morgan fingerprint density at radius 1 is 1.33 bits per heavy atom. The van der Waals surface area contributed by atoms with Crippen LogP contribution in [-0.4, -0.2) is 4.57 Å². The molecule has 0 aliphatic rings. The molecule has 0 bridgehead atoms. The van der Waals surface area contributed by atoms with Crippen molar-refractivity contribution in [2.75, 3.05) is 0 Å². The molecule has 80 valence electrons. The second-order valence-corrected chi connectivity index (χ2v) is 5.06. The number of fused-ring (bicyclic) bond motifs is 1. The molecule has 0 aliphatic heterocycles. The predicted molar refractivity (Wildman–Crippen MR) is 66.0 cm³/mol. The van der Waals surface area contributed by atoms with E-state index in [0.29, 0.717) is 0 Å². The maximum atomic E-state index is 11.9. The van der Waals surface area contributed by atoms with Crippen molar-refractivity contribution < 1.29 is 0 Å². The highest BCUT2D eigenvalue weighted by atomic mass is 32.1. The summed E-state index contributed by atoms with van der Waals surface area (Å²) in [7, 11) is 0. The van der Waals surface area contributed by atoms with E-state index in [2.05, 4.69) is 18.4 Å². The Balaban J connectivity index is 3.03. The first-order valence-electron chi connectivity index (χ1n) is 5.16. The molecule has 0 N–H and O–H groups in total. The fraction of sp³-hybridized carbons (Fsp3) is 0.417. The first-order chi connectivity index (χ1) is 7.06. The Morgan fingerprint density at radius 2 is 2.00 bits per heavy atom. The van der Waals surface area contributed by atoms with Crippen LogP contribution in [0.5, 0.6) is 0 Å². The molecule has 3 heteroatoms. The Bertz CT molecular complexity index is 577. The summed E-state index contributed by atoms with van der Waals surface area (Å²) in [6, 6.07) is 1.74. The molecule has 0 atom stereocenters. The summed E-state index contributed by atoms with van der Waals surface area (Å²) in [5, 5.41) is 0.907. The van der Waals surface area contributed by atoms with E-state index in [9.17, 15) is 4.79 Å². The summed E-state index contributed by atoms with van der Waals surface area (Å²) in [6.07, 6.45) is 0. The summed E-state index contributed by atoms with van der Waals surface area (Å²) in [4.78, 5) is 14.3. The third kappa shape index (κ3) is 1.42. The molecular weight excluding hydrogens is 206 g/mol. The molecule has 0 saturated heterocycles. The Labute approximate surface area is 93.2 Å². The fourth-order valence-electron chi connectivity index (χ4n) is 1.98. The van der Waals surface area contributed by atoms with E-state index < -0.39 is 0 Å². The number of aromatic nitrogens is 1. The molecule has 2 rings (SSSR count). The molecule has 0 radical (unpaired) electrons. The summed E-state index contributed by atoms with van der Waals surface area (Å²) in [5.41, 5.74) is 2.35. The summed E-state index contributed by atoms with van der Waals surface area (Å²) in [6.45, 7) is 9.14. The molecule has 0 aliphatic carbocycles. The van der Waals surface area contributed by atoms with E-state index >= 15 is 0 Å². The van der Waals surface area contributed by atoms with Gasteiger partial charge < -0.3 is 4.57 Å². The van der Waals surface area contributed by atoms with E-state index in [0.717, 1.165) is 28.0 Å². The number of nitrogens with zero attached hydrogens (tertiary/aromatic N) is 1. The van der Waals surface area contributed by atoms with Crippen molar-refractivity contribution in [2.24, 2.45) is 0 Å². The highest BCUT2D eigenvalue weighted by molar-refractivity contribution is 7.18. The average molecular weight is 221 g/mol. The lowest BCUT2D eigenvalue weighted by Gasteiger charge is -2.08.